The van der Waals surface area contributed by atoms with Crippen LogP contribution in [0.4, 0.5) is 4.79 Å². The van der Waals surface area contributed by atoms with Crippen molar-refractivity contribution in [1.82, 2.24) is 10.2 Å². The summed E-state index contributed by atoms with van der Waals surface area (Å²) in [6.07, 6.45) is 1.51. The first-order valence-electron chi connectivity index (χ1n) is 12.0. The Kier molecular flexibility index (Phi) is 7.20. The van der Waals surface area contributed by atoms with Gasteiger partial charge < -0.3 is 20.1 Å². The predicted molar refractivity (Wildman–Crippen MR) is 128 cm³/mol. The van der Waals surface area contributed by atoms with Gasteiger partial charge in [0.15, 0.2) is 0 Å². The molecule has 2 N–H and O–H groups in total. The first kappa shape index (κ1) is 23.8. The maximum Gasteiger partial charge on any atom is 0.407 e. The number of carbonyl (C=O) groups excluding carboxylic acids is 2. The molecular weight excluding hydrogens is 432 g/mol. The highest BCUT2D eigenvalue weighted by molar-refractivity contribution is 5.80. The number of hydrogen-bond donors (Lipinski definition) is 2. The van der Waals surface area contributed by atoms with E-state index in [0.29, 0.717) is 25.8 Å². The fourth-order valence-electron chi connectivity index (χ4n) is 5.22. The van der Waals surface area contributed by atoms with E-state index in [9.17, 15) is 19.5 Å². The van der Waals surface area contributed by atoms with Crippen molar-refractivity contribution in [3.05, 3.63) is 59.7 Å². The molecule has 180 valence electrons. The number of likely N-dealkylation sites (tertiary alicyclic amines) is 1. The van der Waals surface area contributed by atoms with E-state index in [1.807, 2.05) is 31.2 Å². The Morgan fingerprint density at radius 1 is 1.09 bits per heavy atom. The van der Waals surface area contributed by atoms with Crippen LogP contribution in [0.3, 0.4) is 0 Å². The molecule has 1 aliphatic heterocycles. The summed E-state index contributed by atoms with van der Waals surface area (Å²) in [4.78, 5) is 38.2. The van der Waals surface area contributed by atoms with E-state index in [1.54, 1.807) is 11.8 Å². The number of carboxylic acids is 1. The zero-order valence-electron chi connectivity index (χ0n) is 19.7. The van der Waals surface area contributed by atoms with Gasteiger partial charge in [-0.2, -0.15) is 0 Å². The minimum absolute atomic E-state index is 0.00203. The SMILES string of the molecule is CC(CCC(=O)N1CCC[C@@H](C(=O)O)[C@H]1C)NC(=O)OCC1c2ccccc2-c2ccccc21. The molecule has 34 heavy (non-hydrogen) atoms. The Hall–Kier alpha value is -3.35. The quantitative estimate of drug-likeness (QED) is 0.633. The summed E-state index contributed by atoms with van der Waals surface area (Å²) >= 11 is 0. The van der Waals surface area contributed by atoms with Crippen molar-refractivity contribution in [2.45, 2.75) is 57.5 Å². The summed E-state index contributed by atoms with van der Waals surface area (Å²) in [6, 6.07) is 15.8. The van der Waals surface area contributed by atoms with Crippen molar-refractivity contribution in [2.24, 2.45) is 5.92 Å². The molecule has 2 aliphatic rings. The molecule has 1 aliphatic carbocycles. The molecule has 0 spiro atoms. The zero-order valence-corrected chi connectivity index (χ0v) is 19.7. The molecule has 2 amide bonds. The number of aliphatic carboxylic acids is 1. The number of nitrogens with one attached hydrogen (secondary N) is 1. The van der Waals surface area contributed by atoms with E-state index in [2.05, 4.69) is 29.6 Å². The van der Waals surface area contributed by atoms with E-state index < -0.39 is 18.0 Å². The highest BCUT2D eigenvalue weighted by Gasteiger charge is 2.35. The van der Waals surface area contributed by atoms with Gasteiger partial charge >= 0.3 is 12.1 Å². The van der Waals surface area contributed by atoms with Crippen LogP contribution >= 0.6 is 0 Å². The number of carbonyl (C=O) groups is 3. The topological polar surface area (TPSA) is 95.9 Å². The Labute approximate surface area is 200 Å². The lowest BCUT2D eigenvalue weighted by atomic mass is 9.90. The Balaban J connectivity index is 1.26. The van der Waals surface area contributed by atoms with Crippen molar-refractivity contribution in [2.75, 3.05) is 13.2 Å². The molecule has 7 nitrogen and oxygen atoms in total. The van der Waals surface area contributed by atoms with Crippen LogP contribution in [0, 0.1) is 5.92 Å². The number of rotatable bonds is 7. The molecule has 1 fully saturated rings. The van der Waals surface area contributed by atoms with E-state index >= 15 is 0 Å². The van der Waals surface area contributed by atoms with Crippen LogP contribution in [0.5, 0.6) is 0 Å². The number of piperidine rings is 1. The number of fused-ring (bicyclic) bond motifs is 3. The third-order valence-corrected chi connectivity index (χ3v) is 7.12. The number of nitrogens with zero attached hydrogens (tertiary/aromatic N) is 1. The van der Waals surface area contributed by atoms with Crippen molar-refractivity contribution in [1.29, 1.82) is 0 Å². The fraction of sp³-hybridized carbons (Fsp3) is 0.444. The predicted octanol–water partition coefficient (Wildman–Crippen LogP) is 4.41. The molecule has 1 heterocycles. The maximum absolute atomic E-state index is 12.7. The van der Waals surface area contributed by atoms with Gasteiger partial charge in [-0.05, 0) is 55.4 Å². The van der Waals surface area contributed by atoms with Gasteiger partial charge in [0, 0.05) is 31.0 Å². The molecule has 0 saturated carbocycles. The van der Waals surface area contributed by atoms with Crippen LogP contribution in [0.2, 0.25) is 0 Å². The zero-order chi connectivity index (χ0) is 24.2. The Bertz CT molecular complexity index is 1020. The molecule has 1 unspecified atom stereocenters. The molecule has 2 aromatic rings. The van der Waals surface area contributed by atoms with E-state index in [1.165, 1.54) is 11.1 Å². The fourth-order valence-corrected chi connectivity index (χ4v) is 5.22. The molecule has 3 atom stereocenters. The second-order valence-electron chi connectivity index (χ2n) is 9.32. The van der Waals surface area contributed by atoms with Crippen molar-refractivity contribution >= 4 is 18.0 Å². The lowest BCUT2D eigenvalue weighted by Gasteiger charge is -2.37. The third kappa shape index (κ3) is 4.93. The molecule has 2 aromatic carbocycles. The average molecular weight is 465 g/mol. The standard InChI is InChI=1S/C27H32N2O5/c1-17(13-14-25(30)29-15-7-12-19(18(29)2)26(31)32)28-27(33)34-16-24-22-10-5-3-8-20(22)21-9-4-6-11-23(21)24/h3-6,8-11,17-19,24H,7,12-16H2,1-2H3,(H,28,33)(H,31,32)/t17?,18-,19-/m1/s1. The lowest BCUT2D eigenvalue weighted by Crippen LogP contribution is -2.49. The van der Waals surface area contributed by atoms with Gasteiger partial charge in [-0.1, -0.05) is 48.5 Å². The normalized spacial score (nSPS) is 20.2. The largest absolute Gasteiger partial charge is 0.481 e. The van der Waals surface area contributed by atoms with Gasteiger partial charge in [-0.25, -0.2) is 4.79 Å². The minimum Gasteiger partial charge on any atom is -0.481 e. The smallest absolute Gasteiger partial charge is 0.407 e. The summed E-state index contributed by atoms with van der Waals surface area (Å²) in [6.45, 7) is 4.47. The van der Waals surface area contributed by atoms with E-state index in [-0.39, 0.29) is 36.9 Å². The monoisotopic (exact) mass is 464 g/mol. The number of benzene rings is 2. The average Bonchev–Trinajstić information content (AvgIpc) is 3.15. The number of ether oxygens (including phenoxy) is 1. The van der Waals surface area contributed by atoms with Gasteiger partial charge in [-0.15, -0.1) is 0 Å². The molecule has 4 rings (SSSR count). The van der Waals surface area contributed by atoms with Gasteiger partial charge in [0.1, 0.15) is 6.61 Å². The van der Waals surface area contributed by atoms with Crippen LogP contribution in [-0.2, 0) is 14.3 Å². The van der Waals surface area contributed by atoms with Crippen LogP contribution in [0.15, 0.2) is 48.5 Å². The first-order valence-corrected chi connectivity index (χ1v) is 12.0. The third-order valence-electron chi connectivity index (χ3n) is 7.12. The van der Waals surface area contributed by atoms with Crippen LogP contribution < -0.4 is 5.32 Å². The summed E-state index contributed by atoms with van der Waals surface area (Å²) in [5.74, 6) is -1.44. The van der Waals surface area contributed by atoms with Crippen LogP contribution in [0.1, 0.15) is 56.6 Å². The molecule has 0 radical (unpaired) electrons. The molecule has 1 saturated heterocycles. The summed E-state index contributed by atoms with van der Waals surface area (Å²) in [7, 11) is 0. The molecule has 7 heteroatoms. The van der Waals surface area contributed by atoms with E-state index in [0.717, 1.165) is 11.1 Å². The highest BCUT2D eigenvalue weighted by atomic mass is 16.5. The number of hydrogen-bond acceptors (Lipinski definition) is 4. The van der Waals surface area contributed by atoms with Gasteiger partial charge in [0.05, 0.1) is 5.92 Å². The Morgan fingerprint density at radius 3 is 2.32 bits per heavy atom. The van der Waals surface area contributed by atoms with Gasteiger partial charge in [0.2, 0.25) is 5.91 Å². The molecule has 0 aromatic heterocycles. The first-order chi connectivity index (χ1) is 16.4. The second-order valence-corrected chi connectivity index (χ2v) is 9.32. The van der Waals surface area contributed by atoms with Crippen molar-refractivity contribution in [3.8, 4) is 11.1 Å². The molecular formula is C27H32N2O5. The summed E-state index contributed by atoms with van der Waals surface area (Å²) < 4.78 is 5.58. The summed E-state index contributed by atoms with van der Waals surface area (Å²) in [5.41, 5.74) is 4.67. The van der Waals surface area contributed by atoms with E-state index in [4.69, 9.17) is 4.74 Å². The van der Waals surface area contributed by atoms with Crippen LogP contribution in [0.25, 0.3) is 11.1 Å². The molecule has 0 bridgehead atoms. The summed E-state index contributed by atoms with van der Waals surface area (Å²) in [5, 5.41) is 12.2. The number of amides is 2. The van der Waals surface area contributed by atoms with Crippen molar-refractivity contribution in [3.63, 3.8) is 0 Å². The van der Waals surface area contributed by atoms with Gasteiger partial charge in [-0.3, -0.25) is 9.59 Å². The number of alkyl carbamates (subject to hydrolysis) is 1. The maximum atomic E-state index is 12.7. The Morgan fingerprint density at radius 2 is 1.71 bits per heavy atom. The lowest BCUT2D eigenvalue weighted by molar-refractivity contribution is -0.149. The van der Waals surface area contributed by atoms with Crippen molar-refractivity contribution < 1.29 is 24.2 Å². The number of carboxylic acid groups (broad SMARTS) is 1. The highest BCUT2D eigenvalue weighted by Crippen LogP contribution is 2.44. The second kappa shape index (κ2) is 10.3. The van der Waals surface area contributed by atoms with Crippen LogP contribution in [-0.4, -0.2) is 53.2 Å². The minimum atomic E-state index is -0.852. The van der Waals surface area contributed by atoms with Gasteiger partial charge in [0.25, 0.3) is 0 Å².